The summed E-state index contributed by atoms with van der Waals surface area (Å²) in [7, 11) is 0. The molecule has 24 heavy (non-hydrogen) atoms. The van der Waals surface area contributed by atoms with Crippen LogP contribution in [0.1, 0.15) is 22.5 Å². The third-order valence-corrected chi connectivity index (χ3v) is 3.93. The Bertz CT molecular complexity index is 815. The van der Waals surface area contributed by atoms with Crippen LogP contribution >= 0.6 is 11.6 Å². The monoisotopic (exact) mass is 342 g/mol. The number of nitrogens with one attached hydrogen (secondary N) is 2. The molecule has 1 aromatic heterocycles. The number of halogens is 1. The lowest BCUT2D eigenvalue weighted by atomic mass is 10.2. The largest absolute Gasteiger partial charge is 0.377 e. The van der Waals surface area contributed by atoms with Crippen LogP contribution in [0, 0.1) is 0 Å². The molecule has 0 spiro atoms. The zero-order valence-corrected chi connectivity index (χ0v) is 14.0. The van der Waals surface area contributed by atoms with Gasteiger partial charge in [-0.05, 0) is 36.2 Å². The highest BCUT2D eigenvalue weighted by atomic mass is 35.5. The Hall–Kier alpha value is -2.30. The van der Waals surface area contributed by atoms with Crippen molar-refractivity contribution in [1.29, 1.82) is 0 Å². The molecule has 0 aliphatic rings. The van der Waals surface area contributed by atoms with E-state index in [1.807, 2.05) is 48.5 Å². The number of hydrogen-bond acceptors (Lipinski definition) is 2. The Morgan fingerprint density at radius 1 is 1.12 bits per heavy atom. The lowest BCUT2D eigenvalue weighted by Gasteiger charge is -2.05. The molecule has 2 aromatic carbocycles. The van der Waals surface area contributed by atoms with Crippen LogP contribution in [-0.2, 0) is 11.3 Å². The Kier molecular flexibility index (Phi) is 5.51. The van der Waals surface area contributed by atoms with Gasteiger partial charge in [0.05, 0.1) is 6.61 Å². The zero-order valence-electron chi connectivity index (χ0n) is 13.2. The molecule has 3 aromatic rings. The van der Waals surface area contributed by atoms with Crippen molar-refractivity contribution in [1.82, 2.24) is 10.3 Å². The lowest BCUT2D eigenvalue weighted by Crippen LogP contribution is -2.25. The molecule has 0 atom stereocenters. The van der Waals surface area contributed by atoms with Crippen molar-refractivity contribution < 1.29 is 9.53 Å². The quantitative estimate of drug-likeness (QED) is 0.633. The van der Waals surface area contributed by atoms with Crippen molar-refractivity contribution in [2.45, 2.75) is 13.0 Å². The predicted octanol–water partition coefficient (Wildman–Crippen LogP) is 4.16. The smallest absolute Gasteiger partial charge is 0.267 e. The first-order chi connectivity index (χ1) is 11.7. The van der Waals surface area contributed by atoms with Crippen LogP contribution in [0.3, 0.4) is 0 Å². The summed E-state index contributed by atoms with van der Waals surface area (Å²) in [4.78, 5) is 15.2. The highest BCUT2D eigenvalue weighted by Crippen LogP contribution is 2.19. The topological polar surface area (TPSA) is 54.1 Å². The van der Waals surface area contributed by atoms with Gasteiger partial charge < -0.3 is 15.0 Å². The van der Waals surface area contributed by atoms with E-state index in [-0.39, 0.29) is 5.91 Å². The predicted molar refractivity (Wildman–Crippen MR) is 96.4 cm³/mol. The first kappa shape index (κ1) is 16.6. The maximum Gasteiger partial charge on any atom is 0.267 e. The van der Waals surface area contributed by atoms with Crippen LogP contribution in [0.5, 0.6) is 0 Å². The van der Waals surface area contributed by atoms with Crippen LogP contribution in [0.4, 0.5) is 0 Å². The van der Waals surface area contributed by atoms with Gasteiger partial charge in [-0.25, -0.2) is 0 Å². The molecule has 1 amide bonds. The molecule has 124 valence electrons. The number of aromatic amines is 1. The Morgan fingerprint density at radius 2 is 1.96 bits per heavy atom. The molecular weight excluding hydrogens is 324 g/mol. The molecule has 0 aliphatic carbocycles. The standard InChI is InChI=1S/C19H19ClN2O2/c20-16-7-8-17-15(11-16)12-18(22-17)19(23)21-9-4-10-24-13-14-5-2-1-3-6-14/h1-3,5-8,11-12,22H,4,9-10,13H2,(H,21,23). The number of rotatable bonds is 7. The second kappa shape index (κ2) is 7.99. The highest BCUT2D eigenvalue weighted by molar-refractivity contribution is 6.31. The molecule has 3 rings (SSSR count). The van der Waals surface area contributed by atoms with E-state index in [9.17, 15) is 4.79 Å². The fourth-order valence-electron chi connectivity index (χ4n) is 2.46. The van der Waals surface area contributed by atoms with Crippen molar-refractivity contribution in [3.05, 3.63) is 70.9 Å². The number of carbonyl (C=O) groups is 1. The second-order valence-electron chi connectivity index (χ2n) is 5.56. The van der Waals surface area contributed by atoms with Gasteiger partial charge in [0.2, 0.25) is 0 Å². The number of amides is 1. The molecule has 0 bridgehead atoms. The van der Waals surface area contributed by atoms with E-state index < -0.39 is 0 Å². The number of ether oxygens (including phenoxy) is 1. The van der Waals surface area contributed by atoms with Crippen molar-refractivity contribution in [3.8, 4) is 0 Å². The molecule has 4 nitrogen and oxygen atoms in total. The lowest BCUT2D eigenvalue weighted by molar-refractivity contribution is 0.0930. The molecule has 0 aliphatic heterocycles. The number of hydrogen-bond donors (Lipinski definition) is 2. The van der Waals surface area contributed by atoms with E-state index in [1.54, 1.807) is 6.07 Å². The number of fused-ring (bicyclic) bond motifs is 1. The van der Waals surface area contributed by atoms with Gasteiger partial charge in [0.1, 0.15) is 5.69 Å². The minimum atomic E-state index is -0.120. The van der Waals surface area contributed by atoms with E-state index in [2.05, 4.69) is 10.3 Å². The van der Waals surface area contributed by atoms with Gasteiger partial charge in [0.15, 0.2) is 0 Å². The van der Waals surface area contributed by atoms with E-state index in [0.717, 1.165) is 22.9 Å². The number of benzene rings is 2. The van der Waals surface area contributed by atoms with Crippen LogP contribution < -0.4 is 5.32 Å². The summed E-state index contributed by atoms with van der Waals surface area (Å²) in [5.74, 6) is -0.120. The fraction of sp³-hybridized carbons (Fsp3) is 0.211. The van der Waals surface area contributed by atoms with Crippen LogP contribution in [-0.4, -0.2) is 24.0 Å². The van der Waals surface area contributed by atoms with E-state index in [0.29, 0.717) is 30.5 Å². The summed E-state index contributed by atoms with van der Waals surface area (Å²) in [6, 6.07) is 17.3. The summed E-state index contributed by atoms with van der Waals surface area (Å²) >= 11 is 5.96. The van der Waals surface area contributed by atoms with Crippen molar-refractivity contribution in [2.75, 3.05) is 13.2 Å². The van der Waals surface area contributed by atoms with Crippen molar-refractivity contribution in [2.24, 2.45) is 0 Å². The number of carbonyl (C=O) groups excluding carboxylic acids is 1. The molecular formula is C19H19ClN2O2. The van der Waals surface area contributed by atoms with Gasteiger partial charge in [0, 0.05) is 29.1 Å². The van der Waals surface area contributed by atoms with E-state index >= 15 is 0 Å². The molecule has 0 saturated heterocycles. The summed E-state index contributed by atoms with van der Waals surface area (Å²) in [5.41, 5.74) is 2.59. The number of aromatic nitrogens is 1. The molecule has 0 saturated carbocycles. The van der Waals surface area contributed by atoms with Gasteiger partial charge >= 0.3 is 0 Å². The summed E-state index contributed by atoms with van der Waals surface area (Å²) < 4.78 is 5.59. The molecule has 5 heteroatoms. The molecule has 0 fully saturated rings. The third-order valence-electron chi connectivity index (χ3n) is 3.69. The van der Waals surface area contributed by atoms with Crippen molar-refractivity contribution >= 4 is 28.4 Å². The molecule has 2 N–H and O–H groups in total. The number of H-pyrrole nitrogens is 1. The Morgan fingerprint density at radius 3 is 2.79 bits per heavy atom. The molecule has 0 unspecified atom stereocenters. The van der Waals surface area contributed by atoms with Gasteiger partial charge in [-0.3, -0.25) is 4.79 Å². The molecule has 0 radical (unpaired) electrons. The summed E-state index contributed by atoms with van der Waals surface area (Å²) in [6.07, 6.45) is 0.768. The van der Waals surface area contributed by atoms with E-state index in [4.69, 9.17) is 16.3 Å². The maximum absolute atomic E-state index is 12.1. The Balaban J connectivity index is 1.40. The van der Waals surface area contributed by atoms with Gasteiger partial charge in [-0.1, -0.05) is 41.9 Å². The van der Waals surface area contributed by atoms with Gasteiger partial charge in [-0.2, -0.15) is 0 Å². The minimum Gasteiger partial charge on any atom is -0.377 e. The summed E-state index contributed by atoms with van der Waals surface area (Å²) in [5, 5.41) is 4.48. The fourth-order valence-corrected chi connectivity index (χ4v) is 2.64. The zero-order chi connectivity index (χ0) is 16.8. The van der Waals surface area contributed by atoms with Crippen molar-refractivity contribution in [3.63, 3.8) is 0 Å². The van der Waals surface area contributed by atoms with Crippen LogP contribution in [0.25, 0.3) is 10.9 Å². The van der Waals surface area contributed by atoms with E-state index in [1.165, 1.54) is 0 Å². The third kappa shape index (κ3) is 4.37. The Labute approximate surface area is 145 Å². The van der Waals surface area contributed by atoms with Gasteiger partial charge in [0.25, 0.3) is 5.91 Å². The maximum atomic E-state index is 12.1. The minimum absolute atomic E-state index is 0.120. The average Bonchev–Trinajstić information content (AvgIpc) is 3.02. The summed E-state index contributed by atoms with van der Waals surface area (Å²) in [6.45, 7) is 1.78. The first-order valence-corrected chi connectivity index (χ1v) is 8.28. The SMILES string of the molecule is O=C(NCCCOCc1ccccc1)c1cc2cc(Cl)ccc2[nH]1. The first-order valence-electron chi connectivity index (χ1n) is 7.90. The highest BCUT2D eigenvalue weighted by Gasteiger charge is 2.09. The second-order valence-corrected chi connectivity index (χ2v) is 6.00. The normalized spacial score (nSPS) is 10.9. The average molecular weight is 343 g/mol. The van der Waals surface area contributed by atoms with Crippen LogP contribution in [0.15, 0.2) is 54.6 Å². The van der Waals surface area contributed by atoms with Crippen LogP contribution in [0.2, 0.25) is 5.02 Å². The van der Waals surface area contributed by atoms with Gasteiger partial charge in [-0.15, -0.1) is 0 Å². The molecule has 1 heterocycles.